The first-order valence-corrected chi connectivity index (χ1v) is 4.33. The molecule has 0 saturated carbocycles. The lowest BCUT2D eigenvalue weighted by Gasteiger charge is -2.11. The molecule has 0 atom stereocenters. The minimum Gasteiger partial charge on any atom is -0.294 e. The molecule has 15 heavy (non-hydrogen) atoms. The van der Waals surface area contributed by atoms with Crippen LogP contribution < -0.4 is 0 Å². The highest BCUT2D eigenvalue weighted by atomic mass is 19.4. The minimum atomic E-state index is -4.53. The van der Waals surface area contributed by atoms with Crippen molar-refractivity contribution < 1.29 is 22.4 Å². The third-order valence-electron chi connectivity index (χ3n) is 2.45. The molecule has 0 spiro atoms. The number of carbonyl (C=O) groups excluding carboxylic acids is 1. The molecule has 1 aliphatic carbocycles. The summed E-state index contributed by atoms with van der Waals surface area (Å²) >= 11 is 0. The van der Waals surface area contributed by atoms with Gasteiger partial charge in [0.15, 0.2) is 5.78 Å². The quantitative estimate of drug-likeness (QED) is 0.612. The van der Waals surface area contributed by atoms with Gasteiger partial charge in [-0.1, -0.05) is 0 Å². The van der Waals surface area contributed by atoms with Crippen LogP contribution in [0.5, 0.6) is 0 Å². The van der Waals surface area contributed by atoms with E-state index in [0.717, 1.165) is 0 Å². The lowest BCUT2D eigenvalue weighted by Crippen LogP contribution is -2.10. The maximum absolute atomic E-state index is 13.1. The summed E-state index contributed by atoms with van der Waals surface area (Å²) in [5.74, 6) is -1.41. The Morgan fingerprint density at radius 1 is 1.13 bits per heavy atom. The Hall–Kier alpha value is -1.39. The second-order valence-corrected chi connectivity index (χ2v) is 3.37. The van der Waals surface area contributed by atoms with Crippen LogP contribution in [0.15, 0.2) is 12.1 Å². The molecule has 0 fully saturated rings. The van der Waals surface area contributed by atoms with Gasteiger partial charge in [0.25, 0.3) is 0 Å². The van der Waals surface area contributed by atoms with Crippen LogP contribution in [0.25, 0.3) is 0 Å². The summed E-state index contributed by atoms with van der Waals surface area (Å²) in [6, 6.07) is 1.39. The van der Waals surface area contributed by atoms with Crippen LogP contribution in [-0.2, 0) is 12.6 Å². The second-order valence-electron chi connectivity index (χ2n) is 3.37. The van der Waals surface area contributed by atoms with Gasteiger partial charge in [-0.25, -0.2) is 4.39 Å². The molecule has 0 unspecified atom stereocenters. The van der Waals surface area contributed by atoms with Gasteiger partial charge in [-0.15, -0.1) is 0 Å². The maximum atomic E-state index is 13.1. The molecule has 5 heteroatoms. The van der Waals surface area contributed by atoms with Crippen LogP contribution in [0, 0.1) is 5.82 Å². The first-order chi connectivity index (χ1) is 6.91. The Morgan fingerprint density at radius 2 is 1.80 bits per heavy atom. The van der Waals surface area contributed by atoms with Crippen molar-refractivity contribution in [1.29, 1.82) is 0 Å². The van der Waals surface area contributed by atoms with Crippen molar-refractivity contribution in [3.8, 4) is 0 Å². The molecule has 2 rings (SSSR count). The molecule has 0 bridgehead atoms. The summed E-state index contributed by atoms with van der Waals surface area (Å²) in [5.41, 5.74) is -1.48. The third-order valence-corrected chi connectivity index (χ3v) is 2.45. The first kappa shape index (κ1) is 10.1. The summed E-state index contributed by atoms with van der Waals surface area (Å²) < 4.78 is 50.5. The van der Waals surface area contributed by atoms with Gasteiger partial charge >= 0.3 is 6.18 Å². The second kappa shape index (κ2) is 3.05. The zero-order valence-corrected chi connectivity index (χ0v) is 7.49. The normalized spacial score (nSPS) is 15.6. The monoisotopic (exact) mass is 218 g/mol. The summed E-state index contributed by atoms with van der Waals surface area (Å²) in [6.07, 6.45) is -4.59. The Balaban J connectivity index is 2.68. The Morgan fingerprint density at radius 3 is 2.40 bits per heavy atom. The first-order valence-electron chi connectivity index (χ1n) is 4.33. The Labute approximate surface area is 82.7 Å². The topological polar surface area (TPSA) is 17.1 Å². The van der Waals surface area contributed by atoms with Crippen molar-refractivity contribution in [2.75, 3.05) is 0 Å². The molecule has 0 saturated heterocycles. The van der Waals surface area contributed by atoms with Gasteiger partial charge in [0.2, 0.25) is 0 Å². The van der Waals surface area contributed by atoms with Crippen LogP contribution in [-0.4, -0.2) is 5.78 Å². The van der Waals surface area contributed by atoms with Gasteiger partial charge in [0.1, 0.15) is 5.82 Å². The molecule has 0 aromatic heterocycles. The fourth-order valence-electron chi connectivity index (χ4n) is 1.81. The number of ketones is 1. The number of rotatable bonds is 0. The van der Waals surface area contributed by atoms with E-state index in [1.54, 1.807) is 0 Å². The highest BCUT2D eigenvalue weighted by Crippen LogP contribution is 2.37. The predicted octanol–water partition coefficient (Wildman–Crippen LogP) is 2.97. The molecule has 1 nitrogen and oxygen atoms in total. The summed E-state index contributed by atoms with van der Waals surface area (Å²) in [4.78, 5) is 11.2. The van der Waals surface area contributed by atoms with E-state index >= 15 is 0 Å². The van der Waals surface area contributed by atoms with Crippen molar-refractivity contribution in [3.63, 3.8) is 0 Å². The number of alkyl halides is 3. The highest BCUT2D eigenvalue weighted by molar-refractivity contribution is 6.01. The Bertz CT molecular complexity index is 434. The Kier molecular flexibility index (Phi) is 2.06. The average molecular weight is 218 g/mol. The molecular weight excluding hydrogens is 212 g/mol. The molecule has 0 radical (unpaired) electrons. The van der Waals surface area contributed by atoms with Crippen molar-refractivity contribution in [1.82, 2.24) is 0 Å². The van der Waals surface area contributed by atoms with E-state index in [2.05, 4.69) is 0 Å². The molecule has 1 aromatic rings. The van der Waals surface area contributed by atoms with Crippen LogP contribution in [0.4, 0.5) is 17.6 Å². The smallest absolute Gasteiger partial charge is 0.294 e. The van der Waals surface area contributed by atoms with E-state index in [4.69, 9.17) is 0 Å². The van der Waals surface area contributed by atoms with Gasteiger partial charge in [-0.3, -0.25) is 4.79 Å². The van der Waals surface area contributed by atoms with E-state index in [-0.39, 0.29) is 24.0 Å². The van der Waals surface area contributed by atoms with Crippen LogP contribution in [0.3, 0.4) is 0 Å². The van der Waals surface area contributed by atoms with Crippen LogP contribution in [0.2, 0.25) is 0 Å². The summed E-state index contributed by atoms with van der Waals surface area (Å²) in [6.45, 7) is 0. The standard InChI is InChI=1S/C10H6F4O/c11-7-3-2-6(10(12,13)14)5-1-4-8(15)9(5)7/h2-3H,1,4H2. The summed E-state index contributed by atoms with van der Waals surface area (Å²) in [7, 11) is 0. The van der Waals surface area contributed by atoms with E-state index in [0.29, 0.717) is 12.1 Å². The molecule has 0 heterocycles. The lowest BCUT2D eigenvalue weighted by atomic mass is 10.0. The van der Waals surface area contributed by atoms with Gasteiger partial charge < -0.3 is 0 Å². The highest BCUT2D eigenvalue weighted by Gasteiger charge is 2.38. The largest absolute Gasteiger partial charge is 0.416 e. The van der Waals surface area contributed by atoms with Crippen molar-refractivity contribution in [2.45, 2.75) is 19.0 Å². The number of halogens is 4. The van der Waals surface area contributed by atoms with E-state index in [9.17, 15) is 22.4 Å². The van der Waals surface area contributed by atoms with Crippen LogP contribution >= 0.6 is 0 Å². The zero-order valence-electron chi connectivity index (χ0n) is 7.49. The van der Waals surface area contributed by atoms with E-state index in [1.165, 1.54) is 0 Å². The number of benzene rings is 1. The molecule has 0 aliphatic heterocycles. The number of carbonyl (C=O) groups is 1. The molecule has 80 valence electrons. The van der Waals surface area contributed by atoms with Crippen molar-refractivity contribution in [2.24, 2.45) is 0 Å². The van der Waals surface area contributed by atoms with Crippen LogP contribution in [0.1, 0.15) is 27.9 Å². The molecule has 0 amide bonds. The van der Waals surface area contributed by atoms with E-state index in [1.807, 2.05) is 0 Å². The maximum Gasteiger partial charge on any atom is 0.416 e. The number of Topliss-reactive ketones (excluding diaryl/α,β-unsaturated/α-hetero) is 1. The fourth-order valence-corrected chi connectivity index (χ4v) is 1.81. The fraction of sp³-hybridized carbons (Fsp3) is 0.300. The molecule has 0 N–H and O–H groups in total. The molecule has 1 aromatic carbocycles. The molecular formula is C10H6F4O. The van der Waals surface area contributed by atoms with E-state index < -0.39 is 23.3 Å². The zero-order chi connectivity index (χ0) is 11.2. The van der Waals surface area contributed by atoms with Gasteiger partial charge in [0, 0.05) is 6.42 Å². The molecule has 1 aliphatic rings. The third kappa shape index (κ3) is 1.52. The minimum absolute atomic E-state index is 0.0270. The van der Waals surface area contributed by atoms with Crippen molar-refractivity contribution in [3.05, 3.63) is 34.6 Å². The van der Waals surface area contributed by atoms with Crippen molar-refractivity contribution >= 4 is 5.78 Å². The predicted molar refractivity (Wildman–Crippen MR) is 44.1 cm³/mol. The summed E-state index contributed by atoms with van der Waals surface area (Å²) in [5, 5.41) is 0. The average Bonchev–Trinajstić information content (AvgIpc) is 2.47. The van der Waals surface area contributed by atoms with Gasteiger partial charge in [-0.05, 0) is 24.1 Å². The SMILES string of the molecule is O=C1CCc2c(C(F)(F)F)ccc(F)c21. The lowest BCUT2D eigenvalue weighted by molar-refractivity contribution is -0.138. The van der Waals surface area contributed by atoms with Gasteiger partial charge in [-0.2, -0.15) is 13.2 Å². The number of hydrogen-bond donors (Lipinski definition) is 0. The number of hydrogen-bond acceptors (Lipinski definition) is 1. The van der Waals surface area contributed by atoms with Gasteiger partial charge in [0.05, 0.1) is 11.1 Å². The number of fused-ring (bicyclic) bond motifs is 1.